The third kappa shape index (κ3) is 6.10. The van der Waals surface area contributed by atoms with Gasteiger partial charge in [0.05, 0.1) is 5.75 Å². The average molecular weight is 295 g/mol. The molecule has 0 aliphatic rings. The van der Waals surface area contributed by atoms with Crippen molar-refractivity contribution in [1.29, 1.82) is 0 Å². The maximum atomic E-state index is 11.7. The molecule has 0 radical (unpaired) electrons. The largest absolute Gasteiger partial charge is 0.481 e. The Kier molecular flexibility index (Phi) is 6.58. The van der Waals surface area contributed by atoms with Crippen molar-refractivity contribution in [1.82, 2.24) is 5.32 Å². The minimum absolute atomic E-state index is 0.0532. The molecule has 1 rings (SSSR count). The number of carboxylic acids is 1. The molecule has 1 aromatic rings. The van der Waals surface area contributed by atoms with Crippen LogP contribution in [0.25, 0.3) is 0 Å². The fraction of sp³-hybridized carbons (Fsp3) is 0.467. The van der Waals surface area contributed by atoms with E-state index in [-0.39, 0.29) is 18.2 Å². The van der Waals surface area contributed by atoms with E-state index in [4.69, 9.17) is 5.11 Å². The van der Waals surface area contributed by atoms with Gasteiger partial charge in [-0.25, -0.2) is 0 Å². The first-order valence-electron chi connectivity index (χ1n) is 6.57. The van der Waals surface area contributed by atoms with E-state index < -0.39 is 5.97 Å². The molecule has 0 aliphatic carbocycles. The summed E-state index contributed by atoms with van der Waals surface area (Å²) in [6.45, 7) is 6.28. The smallest absolute Gasteiger partial charge is 0.303 e. The predicted octanol–water partition coefficient (Wildman–Crippen LogP) is 2.62. The Balaban J connectivity index is 2.34. The van der Waals surface area contributed by atoms with Crippen LogP contribution in [0.15, 0.2) is 23.1 Å². The first-order valence-corrected chi connectivity index (χ1v) is 7.55. The van der Waals surface area contributed by atoms with Crippen molar-refractivity contribution in [3.63, 3.8) is 0 Å². The molecule has 1 unspecified atom stereocenters. The molecule has 5 heteroatoms. The van der Waals surface area contributed by atoms with Gasteiger partial charge in [-0.1, -0.05) is 24.6 Å². The van der Waals surface area contributed by atoms with Gasteiger partial charge in [0.25, 0.3) is 0 Å². The number of benzene rings is 1. The maximum absolute atomic E-state index is 11.7. The summed E-state index contributed by atoms with van der Waals surface area (Å²) in [5.41, 5.74) is 2.38. The lowest BCUT2D eigenvalue weighted by Gasteiger charge is -2.11. The van der Waals surface area contributed by atoms with E-state index in [0.29, 0.717) is 12.3 Å². The zero-order valence-corrected chi connectivity index (χ0v) is 12.9. The van der Waals surface area contributed by atoms with Crippen molar-refractivity contribution >= 4 is 23.6 Å². The summed E-state index contributed by atoms with van der Waals surface area (Å²) in [5.74, 6) is -0.602. The second-order valence-electron chi connectivity index (χ2n) is 5.06. The Bertz CT molecular complexity index is 488. The fourth-order valence-corrected chi connectivity index (χ4v) is 2.65. The van der Waals surface area contributed by atoms with Crippen LogP contribution in [0, 0.1) is 19.8 Å². The molecule has 0 saturated heterocycles. The third-order valence-electron chi connectivity index (χ3n) is 2.86. The summed E-state index contributed by atoms with van der Waals surface area (Å²) in [4.78, 5) is 23.3. The number of carboxylic acid groups (broad SMARTS) is 1. The van der Waals surface area contributed by atoms with Gasteiger partial charge in [0.1, 0.15) is 0 Å². The molecule has 0 bridgehead atoms. The van der Waals surface area contributed by atoms with Gasteiger partial charge in [-0.05, 0) is 31.4 Å². The molecule has 1 atom stereocenters. The minimum Gasteiger partial charge on any atom is -0.481 e. The normalized spacial score (nSPS) is 11.9. The van der Waals surface area contributed by atoms with Gasteiger partial charge in [-0.2, -0.15) is 0 Å². The van der Waals surface area contributed by atoms with Gasteiger partial charge < -0.3 is 10.4 Å². The van der Waals surface area contributed by atoms with E-state index in [1.165, 1.54) is 22.9 Å². The summed E-state index contributed by atoms with van der Waals surface area (Å²) in [7, 11) is 0. The van der Waals surface area contributed by atoms with Crippen molar-refractivity contribution in [3.05, 3.63) is 29.3 Å². The molecule has 0 fully saturated rings. The molecule has 0 aromatic heterocycles. The number of hydrogen-bond donors (Lipinski definition) is 2. The second kappa shape index (κ2) is 7.94. The first kappa shape index (κ1) is 16.6. The Labute approximate surface area is 124 Å². The fourth-order valence-electron chi connectivity index (χ4n) is 1.81. The molecule has 4 nitrogen and oxygen atoms in total. The number of rotatable bonds is 7. The van der Waals surface area contributed by atoms with Crippen LogP contribution in [-0.4, -0.2) is 29.3 Å². The van der Waals surface area contributed by atoms with Gasteiger partial charge in [-0.3, -0.25) is 9.59 Å². The second-order valence-corrected chi connectivity index (χ2v) is 6.08. The van der Waals surface area contributed by atoms with Crippen molar-refractivity contribution in [2.75, 3.05) is 12.3 Å². The van der Waals surface area contributed by atoms with Crippen LogP contribution in [0.5, 0.6) is 0 Å². The monoisotopic (exact) mass is 295 g/mol. The number of thioether (sulfide) groups is 1. The van der Waals surface area contributed by atoms with Crippen LogP contribution < -0.4 is 5.32 Å². The third-order valence-corrected chi connectivity index (χ3v) is 4.04. The van der Waals surface area contributed by atoms with E-state index in [9.17, 15) is 9.59 Å². The number of nitrogens with one attached hydrogen (secondary N) is 1. The highest BCUT2D eigenvalue weighted by Gasteiger charge is 2.10. The minimum atomic E-state index is -0.837. The topological polar surface area (TPSA) is 66.4 Å². The lowest BCUT2D eigenvalue weighted by molar-refractivity contribution is -0.138. The van der Waals surface area contributed by atoms with Crippen LogP contribution in [-0.2, 0) is 9.59 Å². The molecule has 0 aliphatic heterocycles. The molecule has 0 heterocycles. The number of aliphatic carboxylic acids is 1. The lowest BCUT2D eigenvalue weighted by Crippen LogP contribution is -2.30. The summed E-state index contributed by atoms with van der Waals surface area (Å²) in [5, 5.41) is 11.4. The van der Waals surface area contributed by atoms with Gasteiger partial charge in [0, 0.05) is 17.9 Å². The van der Waals surface area contributed by atoms with Crippen molar-refractivity contribution in [3.8, 4) is 0 Å². The standard InChI is InChI=1S/C15H21NO3S/c1-10-4-5-13(12(3)6-10)20-9-14(17)16-8-11(2)7-15(18)19/h4-6,11H,7-9H2,1-3H3,(H,16,17)(H,18,19). The maximum Gasteiger partial charge on any atom is 0.303 e. The van der Waals surface area contributed by atoms with Crippen molar-refractivity contribution < 1.29 is 14.7 Å². The van der Waals surface area contributed by atoms with E-state index in [0.717, 1.165) is 4.90 Å². The van der Waals surface area contributed by atoms with Crippen LogP contribution in [0.4, 0.5) is 0 Å². The molecule has 0 spiro atoms. The molecular formula is C15H21NO3S. The van der Waals surface area contributed by atoms with Gasteiger partial charge >= 0.3 is 5.97 Å². The molecule has 110 valence electrons. The lowest BCUT2D eigenvalue weighted by atomic mass is 10.1. The predicted molar refractivity (Wildman–Crippen MR) is 81.1 cm³/mol. The SMILES string of the molecule is Cc1ccc(SCC(=O)NCC(C)CC(=O)O)c(C)c1. The summed E-state index contributed by atoms with van der Waals surface area (Å²) >= 11 is 1.50. The van der Waals surface area contributed by atoms with Crippen molar-refractivity contribution in [2.45, 2.75) is 32.1 Å². The van der Waals surface area contributed by atoms with Crippen LogP contribution in [0.2, 0.25) is 0 Å². The summed E-state index contributed by atoms with van der Waals surface area (Å²) in [6.07, 6.45) is 0.0739. The van der Waals surface area contributed by atoms with E-state index >= 15 is 0 Å². The quantitative estimate of drug-likeness (QED) is 0.759. The number of amides is 1. The molecular weight excluding hydrogens is 274 g/mol. The highest BCUT2D eigenvalue weighted by molar-refractivity contribution is 8.00. The number of carbonyl (C=O) groups is 2. The molecule has 20 heavy (non-hydrogen) atoms. The van der Waals surface area contributed by atoms with Crippen LogP contribution >= 0.6 is 11.8 Å². The number of carbonyl (C=O) groups excluding carboxylic acids is 1. The summed E-state index contributed by atoms with van der Waals surface area (Å²) in [6, 6.07) is 6.15. The Hall–Kier alpha value is -1.49. The zero-order chi connectivity index (χ0) is 15.1. The van der Waals surface area contributed by atoms with Gasteiger partial charge in [0.2, 0.25) is 5.91 Å². The average Bonchev–Trinajstić information content (AvgIpc) is 2.34. The zero-order valence-electron chi connectivity index (χ0n) is 12.1. The van der Waals surface area contributed by atoms with Crippen molar-refractivity contribution in [2.24, 2.45) is 5.92 Å². The Morgan fingerprint density at radius 1 is 1.35 bits per heavy atom. The Morgan fingerprint density at radius 3 is 2.65 bits per heavy atom. The number of hydrogen-bond acceptors (Lipinski definition) is 3. The summed E-state index contributed by atoms with van der Waals surface area (Å²) < 4.78 is 0. The van der Waals surface area contributed by atoms with E-state index in [1.54, 1.807) is 0 Å². The van der Waals surface area contributed by atoms with Crippen LogP contribution in [0.1, 0.15) is 24.5 Å². The van der Waals surface area contributed by atoms with E-state index in [1.807, 2.05) is 32.9 Å². The van der Waals surface area contributed by atoms with Crippen LogP contribution in [0.3, 0.4) is 0 Å². The highest BCUT2D eigenvalue weighted by Crippen LogP contribution is 2.22. The molecule has 1 amide bonds. The molecule has 1 aromatic carbocycles. The molecule has 2 N–H and O–H groups in total. The van der Waals surface area contributed by atoms with Gasteiger partial charge in [-0.15, -0.1) is 11.8 Å². The Morgan fingerprint density at radius 2 is 2.05 bits per heavy atom. The highest BCUT2D eigenvalue weighted by atomic mass is 32.2. The number of aryl methyl sites for hydroxylation is 2. The first-order chi connectivity index (χ1) is 9.38. The van der Waals surface area contributed by atoms with Gasteiger partial charge in [0.15, 0.2) is 0 Å². The molecule has 0 saturated carbocycles. The van der Waals surface area contributed by atoms with E-state index in [2.05, 4.69) is 11.4 Å².